The summed E-state index contributed by atoms with van der Waals surface area (Å²) >= 11 is 9.44. The molecular weight excluding hydrogens is 449 g/mol. The van der Waals surface area contributed by atoms with Gasteiger partial charge >= 0.3 is 0 Å². The van der Waals surface area contributed by atoms with Gasteiger partial charge in [0.05, 0.1) is 11.8 Å². The van der Waals surface area contributed by atoms with Crippen LogP contribution in [-0.2, 0) is 0 Å². The molecule has 2 aromatic rings. The zero-order valence-corrected chi connectivity index (χ0v) is 13.9. The highest BCUT2D eigenvalue weighted by molar-refractivity contribution is 9.11. The average Bonchev–Trinajstić information content (AvgIpc) is 2.32. The van der Waals surface area contributed by atoms with Crippen molar-refractivity contribution in [3.8, 4) is 0 Å². The van der Waals surface area contributed by atoms with Gasteiger partial charge in [0, 0.05) is 4.47 Å². The average molecular weight is 454 g/mol. The molecule has 19 heavy (non-hydrogen) atoms. The van der Waals surface area contributed by atoms with Crippen molar-refractivity contribution < 1.29 is 9.18 Å². The Labute approximate surface area is 133 Å². The molecule has 0 atom stereocenters. The minimum absolute atomic E-state index is 0.0841. The molecule has 0 radical (unpaired) electrons. The summed E-state index contributed by atoms with van der Waals surface area (Å²) < 4.78 is 14.9. The second-order valence-corrected chi connectivity index (χ2v) is 5.80. The predicted octanol–water partition coefficient (Wildman–Crippen LogP) is 4.16. The summed E-state index contributed by atoms with van der Waals surface area (Å²) in [6.45, 7) is 0. The van der Waals surface area contributed by atoms with Gasteiger partial charge in [-0.05, 0) is 59.9 Å². The van der Waals surface area contributed by atoms with Gasteiger partial charge in [0.15, 0.2) is 5.82 Å². The first-order valence-corrected chi connectivity index (χ1v) is 7.30. The number of aromatic nitrogens is 2. The predicted molar refractivity (Wildman–Crippen MR) is 79.5 cm³/mol. The summed E-state index contributed by atoms with van der Waals surface area (Å²) in [5, 5.41) is 2.49. The Morgan fingerprint density at radius 1 is 1.26 bits per heavy atom. The van der Waals surface area contributed by atoms with Crippen molar-refractivity contribution in [2.45, 2.75) is 0 Å². The van der Waals surface area contributed by atoms with Crippen molar-refractivity contribution in [2.24, 2.45) is 0 Å². The number of anilines is 1. The van der Waals surface area contributed by atoms with E-state index in [0.29, 0.717) is 13.7 Å². The van der Waals surface area contributed by atoms with E-state index in [1.165, 1.54) is 18.3 Å². The van der Waals surface area contributed by atoms with Crippen LogP contribution in [0.1, 0.15) is 10.4 Å². The zero-order valence-electron chi connectivity index (χ0n) is 9.12. The van der Waals surface area contributed by atoms with Crippen LogP contribution in [0.15, 0.2) is 38.1 Å². The number of carbonyl (C=O) groups excluding carboxylic acids is 1. The van der Waals surface area contributed by atoms with E-state index in [4.69, 9.17) is 0 Å². The van der Waals surface area contributed by atoms with E-state index in [9.17, 15) is 9.18 Å². The Kier molecular flexibility index (Phi) is 4.64. The van der Waals surface area contributed by atoms with E-state index < -0.39 is 11.7 Å². The van der Waals surface area contributed by atoms with Gasteiger partial charge in [-0.1, -0.05) is 6.07 Å². The number of hydrogen-bond acceptors (Lipinski definition) is 3. The topological polar surface area (TPSA) is 54.9 Å². The Morgan fingerprint density at radius 3 is 2.63 bits per heavy atom. The van der Waals surface area contributed by atoms with Crippen LogP contribution in [-0.4, -0.2) is 15.9 Å². The molecule has 1 N–H and O–H groups in total. The number of hydrogen-bond donors (Lipinski definition) is 1. The molecule has 0 saturated carbocycles. The summed E-state index contributed by atoms with van der Waals surface area (Å²) in [7, 11) is 0. The number of benzene rings is 1. The third kappa shape index (κ3) is 3.37. The first kappa shape index (κ1) is 14.5. The molecule has 2 rings (SSSR count). The second-order valence-electron chi connectivity index (χ2n) is 3.38. The van der Waals surface area contributed by atoms with Gasteiger partial charge in [-0.3, -0.25) is 4.79 Å². The monoisotopic (exact) mass is 451 g/mol. The molecule has 0 bridgehead atoms. The van der Waals surface area contributed by atoms with E-state index in [2.05, 4.69) is 63.1 Å². The summed E-state index contributed by atoms with van der Waals surface area (Å²) in [4.78, 5) is 20.0. The molecule has 1 amide bonds. The Hall–Kier alpha value is -0.860. The summed E-state index contributed by atoms with van der Waals surface area (Å²) in [5.41, 5.74) is -0.0841. The smallest absolute Gasteiger partial charge is 0.261 e. The molecule has 0 aliphatic carbocycles. The van der Waals surface area contributed by atoms with Crippen LogP contribution in [0.3, 0.4) is 0 Å². The molecule has 1 aromatic heterocycles. The van der Waals surface area contributed by atoms with Gasteiger partial charge in [0.1, 0.15) is 15.0 Å². The van der Waals surface area contributed by atoms with Crippen molar-refractivity contribution in [3.05, 3.63) is 49.5 Å². The highest BCUT2D eigenvalue weighted by Crippen LogP contribution is 2.23. The van der Waals surface area contributed by atoms with Gasteiger partial charge in [-0.2, -0.15) is 0 Å². The molecule has 0 unspecified atom stereocenters. The SMILES string of the molecule is O=C(Nc1ncc(Br)nc1Br)c1c(F)cccc1Br. The fourth-order valence-electron chi connectivity index (χ4n) is 1.32. The fraction of sp³-hybridized carbons (Fsp3) is 0. The maximum atomic E-state index is 13.6. The van der Waals surface area contributed by atoms with Crippen LogP contribution in [0.2, 0.25) is 0 Å². The molecule has 8 heteroatoms. The van der Waals surface area contributed by atoms with Gasteiger partial charge in [-0.15, -0.1) is 0 Å². The first-order chi connectivity index (χ1) is 8.99. The normalized spacial score (nSPS) is 10.3. The molecule has 0 aliphatic heterocycles. The van der Waals surface area contributed by atoms with Crippen LogP contribution in [0.5, 0.6) is 0 Å². The third-order valence-corrected chi connectivity index (χ3v) is 3.72. The minimum atomic E-state index is -0.618. The van der Waals surface area contributed by atoms with E-state index in [-0.39, 0.29) is 11.4 Å². The number of halogens is 4. The summed E-state index contributed by atoms with van der Waals surface area (Å²) in [5.74, 6) is -1.02. The van der Waals surface area contributed by atoms with Crippen LogP contribution >= 0.6 is 47.8 Å². The van der Waals surface area contributed by atoms with Crippen LogP contribution < -0.4 is 5.32 Å². The lowest BCUT2D eigenvalue weighted by atomic mass is 10.2. The number of nitrogens with one attached hydrogen (secondary N) is 1. The maximum absolute atomic E-state index is 13.6. The standard InChI is InChI=1S/C11H5Br3FN3O/c12-5-2-1-3-6(15)8(5)11(19)18-10-9(14)17-7(13)4-16-10/h1-4H,(H,16,18,19). The zero-order chi connectivity index (χ0) is 14.0. The lowest BCUT2D eigenvalue weighted by Crippen LogP contribution is -2.16. The molecule has 0 saturated heterocycles. The molecule has 1 aromatic carbocycles. The minimum Gasteiger partial charge on any atom is -0.304 e. The van der Waals surface area contributed by atoms with Crippen LogP contribution in [0, 0.1) is 5.82 Å². The van der Waals surface area contributed by atoms with Crippen LogP contribution in [0.25, 0.3) is 0 Å². The number of carbonyl (C=O) groups is 1. The number of amides is 1. The quantitative estimate of drug-likeness (QED) is 0.743. The Bertz CT molecular complexity index is 631. The van der Waals surface area contributed by atoms with E-state index in [1.54, 1.807) is 6.07 Å². The Morgan fingerprint density at radius 2 is 2.00 bits per heavy atom. The van der Waals surface area contributed by atoms with Gasteiger partial charge in [-0.25, -0.2) is 14.4 Å². The number of nitrogens with zero attached hydrogens (tertiary/aromatic N) is 2. The number of rotatable bonds is 2. The summed E-state index contributed by atoms with van der Waals surface area (Å²) in [6.07, 6.45) is 1.43. The highest BCUT2D eigenvalue weighted by atomic mass is 79.9. The lowest BCUT2D eigenvalue weighted by Gasteiger charge is -2.08. The molecule has 4 nitrogen and oxygen atoms in total. The molecule has 0 spiro atoms. The summed E-state index contributed by atoms with van der Waals surface area (Å²) in [6, 6.07) is 4.30. The Balaban J connectivity index is 2.31. The highest BCUT2D eigenvalue weighted by Gasteiger charge is 2.17. The molecule has 0 aliphatic rings. The van der Waals surface area contributed by atoms with Crippen molar-refractivity contribution in [1.29, 1.82) is 0 Å². The molecular formula is C11H5Br3FN3O. The fourth-order valence-corrected chi connectivity index (χ4v) is 2.75. The van der Waals surface area contributed by atoms with Gasteiger partial charge in [0.25, 0.3) is 5.91 Å². The first-order valence-electron chi connectivity index (χ1n) is 4.92. The largest absolute Gasteiger partial charge is 0.304 e. The van der Waals surface area contributed by atoms with E-state index in [0.717, 1.165) is 0 Å². The lowest BCUT2D eigenvalue weighted by molar-refractivity contribution is 0.102. The van der Waals surface area contributed by atoms with Crippen molar-refractivity contribution in [1.82, 2.24) is 9.97 Å². The second kappa shape index (κ2) is 6.06. The van der Waals surface area contributed by atoms with E-state index >= 15 is 0 Å². The van der Waals surface area contributed by atoms with Crippen molar-refractivity contribution in [3.63, 3.8) is 0 Å². The maximum Gasteiger partial charge on any atom is 0.261 e. The van der Waals surface area contributed by atoms with Gasteiger partial charge in [0.2, 0.25) is 0 Å². The van der Waals surface area contributed by atoms with Gasteiger partial charge < -0.3 is 5.32 Å². The molecule has 0 fully saturated rings. The molecule has 98 valence electrons. The van der Waals surface area contributed by atoms with E-state index in [1.807, 2.05) is 0 Å². The molecule has 1 heterocycles. The van der Waals surface area contributed by atoms with Crippen molar-refractivity contribution >= 4 is 59.5 Å². The third-order valence-electron chi connectivity index (χ3n) is 2.12. The van der Waals surface area contributed by atoms with Crippen molar-refractivity contribution in [2.75, 3.05) is 5.32 Å². The van der Waals surface area contributed by atoms with Crippen LogP contribution in [0.4, 0.5) is 10.2 Å².